The van der Waals surface area contributed by atoms with Crippen molar-refractivity contribution < 1.29 is 0 Å². The molecular formula is C14H26BN. The molecule has 0 aliphatic carbocycles. The third kappa shape index (κ3) is 8.52. The maximum absolute atomic E-state index is 2.25. The van der Waals surface area contributed by atoms with Crippen LogP contribution in [0.2, 0.25) is 0 Å². The van der Waals surface area contributed by atoms with Crippen molar-refractivity contribution in [2.75, 3.05) is 19.0 Å². The van der Waals surface area contributed by atoms with Crippen molar-refractivity contribution in [3.63, 3.8) is 0 Å². The van der Waals surface area contributed by atoms with Gasteiger partial charge in [0.2, 0.25) is 0 Å². The summed E-state index contributed by atoms with van der Waals surface area (Å²) in [6, 6.07) is 6.14. The van der Waals surface area contributed by atoms with E-state index in [-0.39, 0.29) is 0 Å². The second-order valence-electron chi connectivity index (χ2n) is 4.29. The average Bonchev–Trinajstić information content (AvgIpc) is 2.32. The molecule has 0 unspecified atom stereocenters. The molecule has 0 fully saturated rings. The van der Waals surface area contributed by atoms with Crippen LogP contribution in [0, 0.1) is 0 Å². The van der Waals surface area contributed by atoms with Crippen molar-refractivity contribution >= 4 is 12.5 Å². The van der Waals surface area contributed by atoms with Gasteiger partial charge in [-0.25, -0.2) is 0 Å². The van der Waals surface area contributed by atoms with Crippen molar-refractivity contribution in [3.05, 3.63) is 24.2 Å². The normalized spacial score (nSPS) is 9.00. The summed E-state index contributed by atoms with van der Waals surface area (Å²) in [7, 11) is 4.07. The SMILES string of the molecule is CCCCCCC.CN(C)c1bcccc1. The van der Waals surface area contributed by atoms with Gasteiger partial charge in [-0.3, -0.25) is 0 Å². The van der Waals surface area contributed by atoms with E-state index in [1.54, 1.807) is 0 Å². The Kier molecular flexibility index (Phi) is 10.2. The van der Waals surface area contributed by atoms with Crippen molar-refractivity contribution in [2.24, 2.45) is 0 Å². The molecule has 0 N–H and O–H groups in total. The first-order valence-electron chi connectivity index (χ1n) is 6.44. The Morgan fingerprint density at radius 2 is 1.62 bits per heavy atom. The minimum atomic E-state index is 1.25. The molecule has 16 heavy (non-hydrogen) atoms. The first kappa shape index (κ1) is 15.2. The van der Waals surface area contributed by atoms with E-state index in [1.165, 1.54) is 37.7 Å². The first-order chi connectivity index (χ1) is 7.72. The third-order valence-electron chi connectivity index (χ3n) is 2.48. The van der Waals surface area contributed by atoms with Gasteiger partial charge in [-0.15, -0.1) is 0 Å². The molecule has 0 amide bonds. The van der Waals surface area contributed by atoms with E-state index in [1.807, 2.05) is 32.2 Å². The third-order valence-corrected chi connectivity index (χ3v) is 2.48. The Bertz CT molecular complexity index is 230. The summed E-state index contributed by atoms with van der Waals surface area (Å²) in [6.45, 7) is 6.57. The summed E-state index contributed by atoms with van der Waals surface area (Å²) in [5.41, 5.74) is 1.25. The summed E-state index contributed by atoms with van der Waals surface area (Å²) < 4.78 is 0. The fourth-order valence-electron chi connectivity index (χ4n) is 1.40. The van der Waals surface area contributed by atoms with Gasteiger partial charge in [-0.05, 0) is 0 Å². The van der Waals surface area contributed by atoms with Gasteiger partial charge in [-0.2, -0.15) is 0 Å². The van der Waals surface area contributed by atoms with Gasteiger partial charge in [0, 0.05) is 0 Å². The Labute approximate surface area is 102 Å². The van der Waals surface area contributed by atoms with E-state index in [0.717, 1.165) is 0 Å². The molecule has 0 radical (unpaired) electrons. The second-order valence-corrected chi connectivity index (χ2v) is 4.29. The monoisotopic (exact) mass is 219 g/mol. The fourth-order valence-corrected chi connectivity index (χ4v) is 1.40. The van der Waals surface area contributed by atoms with E-state index in [0.29, 0.717) is 0 Å². The Balaban J connectivity index is 0.000000293. The second kappa shape index (κ2) is 10.7. The maximum atomic E-state index is 2.25. The molecule has 0 saturated heterocycles. The molecule has 1 nitrogen and oxygen atoms in total. The molecule has 0 saturated carbocycles. The quantitative estimate of drug-likeness (QED) is 0.675. The van der Waals surface area contributed by atoms with Crippen LogP contribution in [0.1, 0.15) is 46.0 Å². The molecule has 0 aliphatic heterocycles. The Hall–Kier alpha value is -0.785. The molecule has 1 aromatic rings. The van der Waals surface area contributed by atoms with Crippen LogP contribution in [0.5, 0.6) is 0 Å². The first-order valence-corrected chi connectivity index (χ1v) is 6.44. The molecule has 2 heteroatoms. The van der Waals surface area contributed by atoms with Gasteiger partial charge in [0.15, 0.2) is 0 Å². The molecule has 1 rings (SSSR count). The number of hydrogen-bond acceptors (Lipinski definition) is 1. The van der Waals surface area contributed by atoms with Crippen molar-refractivity contribution in [3.8, 4) is 0 Å². The molecule has 0 aliphatic rings. The summed E-state index contributed by atoms with van der Waals surface area (Å²) in [4.78, 5) is 2.08. The van der Waals surface area contributed by atoms with Gasteiger partial charge in [0.25, 0.3) is 0 Å². The van der Waals surface area contributed by atoms with Crippen molar-refractivity contribution in [2.45, 2.75) is 46.0 Å². The van der Waals surface area contributed by atoms with E-state index in [4.69, 9.17) is 0 Å². The summed E-state index contributed by atoms with van der Waals surface area (Å²) in [6.07, 6.45) is 7.01. The van der Waals surface area contributed by atoms with Crippen LogP contribution in [-0.2, 0) is 0 Å². The van der Waals surface area contributed by atoms with Crippen LogP contribution in [0.15, 0.2) is 24.2 Å². The van der Waals surface area contributed by atoms with Gasteiger partial charge in [0.05, 0.1) is 0 Å². The molecular weight excluding hydrogens is 193 g/mol. The standard InChI is InChI=1S/C7H10BN.C7H16/c1-9(2)7-5-3-4-6-8-7;1-3-5-7-6-4-2/h3-6H,1-2H3;3-7H2,1-2H3. The summed E-state index contributed by atoms with van der Waals surface area (Å²) in [5.74, 6) is 2.04. The van der Waals surface area contributed by atoms with Gasteiger partial charge < -0.3 is 0 Å². The number of hydrogen-bond donors (Lipinski definition) is 0. The van der Waals surface area contributed by atoms with Crippen LogP contribution < -0.4 is 4.90 Å². The van der Waals surface area contributed by atoms with E-state index in [9.17, 15) is 0 Å². The summed E-state index contributed by atoms with van der Waals surface area (Å²) >= 11 is 0. The minimum absolute atomic E-state index is 1.25. The van der Waals surface area contributed by atoms with E-state index >= 15 is 0 Å². The van der Waals surface area contributed by atoms with Crippen LogP contribution in [0.3, 0.4) is 0 Å². The van der Waals surface area contributed by atoms with Crippen LogP contribution in [-0.4, -0.2) is 21.0 Å². The number of unbranched alkanes of at least 4 members (excludes halogenated alkanes) is 4. The van der Waals surface area contributed by atoms with Crippen molar-refractivity contribution in [1.29, 1.82) is 0 Å². The average molecular weight is 219 g/mol. The predicted molar refractivity (Wildman–Crippen MR) is 76.5 cm³/mol. The fraction of sp³-hybridized carbons (Fsp3) is 0.643. The van der Waals surface area contributed by atoms with Crippen LogP contribution in [0.25, 0.3) is 0 Å². The molecule has 0 spiro atoms. The molecule has 0 atom stereocenters. The summed E-state index contributed by atoms with van der Waals surface area (Å²) in [5, 5.41) is 0. The van der Waals surface area contributed by atoms with Gasteiger partial charge >= 0.3 is 55.6 Å². The molecule has 90 valence electrons. The Morgan fingerprint density at radius 1 is 1.00 bits per heavy atom. The zero-order chi connectivity index (χ0) is 12.2. The Morgan fingerprint density at radius 3 is 1.94 bits per heavy atom. The molecule has 1 heterocycles. The van der Waals surface area contributed by atoms with Crippen LogP contribution >= 0.6 is 0 Å². The predicted octanol–water partition coefficient (Wildman–Crippen LogP) is 4.07. The molecule has 0 bridgehead atoms. The van der Waals surface area contributed by atoms with Gasteiger partial charge in [-0.1, -0.05) is 46.0 Å². The van der Waals surface area contributed by atoms with E-state index < -0.39 is 0 Å². The zero-order valence-electron chi connectivity index (χ0n) is 11.4. The number of nitrogens with zero attached hydrogens (tertiary/aromatic N) is 1. The molecule has 0 aromatic carbocycles. The van der Waals surface area contributed by atoms with Crippen LogP contribution in [0.4, 0.5) is 5.58 Å². The molecule has 1 aromatic heterocycles. The van der Waals surface area contributed by atoms with Gasteiger partial charge in [0.1, 0.15) is 0 Å². The number of rotatable bonds is 5. The number of anilines is 1. The topological polar surface area (TPSA) is 3.24 Å². The zero-order valence-corrected chi connectivity index (χ0v) is 11.4. The van der Waals surface area contributed by atoms with E-state index in [2.05, 4.69) is 31.7 Å². The van der Waals surface area contributed by atoms with Crippen molar-refractivity contribution in [1.82, 2.24) is 0 Å².